The van der Waals surface area contributed by atoms with E-state index in [2.05, 4.69) is 24.6 Å². The molecule has 0 radical (unpaired) electrons. The van der Waals surface area contributed by atoms with Crippen LogP contribution in [0.4, 0.5) is 0 Å². The van der Waals surface area contributed by atoms with E-state index in [0.717, 1.165) is 61.1 Å². The molecule has 1 saturated heterocycles. The summed E-state index contributed by atoms with van der Waals surface area (Å²) in [4.78, 5) is 14.6. The number of nitrogens with one attached hydrogen (secondary N) is 2. The lowest BCUT2D eigenvalue weighted by atomic mass is 10.0. The molecule has 1 aliphatic heterocycles. The number of morpholine rings is 1. The molecule has 2 N–H and O–H groups in total. The summed E-state index contributed by atoms with van der Waals surface area (Å²) < 4.78 is 48.1. The van der Waals surface area contributed by atoms with E-state index in [0.29, 0.717) is 29.3 Å². The molecule has 37 heavy (non-hydrogen) atoms. The maximum Gasteiger partial charge on any atom is 0.382 e. The van der Waals surface area contributed by atoms with Gasteiger partial charge in [-0.05, 0) is 30.7 Å². The summed E-state index contributed by atoms with van der Waals surface area (Å²) in [6, 6.07) is 8.73. The molecule has 1 aliphatic rings. The Morgan fingerprint density at radius 2 is 1.95 bits per heavy atom. The highest BCUT2D eigenvalue weighted by atomic mass is 32.2. The predicted molar refractivity (Wildman–Crippen MR) is 139 cm³/mol. The molecule has 196 valence electrons. The van der Waals surface area contributed by atoms with Gasteiger partial charge in [0, 0.05) is 60.8 Å². The minimum Gasteiger partial charge on any atom is -0.493 e. The second-order valence-corrected chi connectivity index (χ2v) is 10.0. The highest BCUT2D eigenvalue weighted by molar-refractivity contribution is 7.85. The van der Waals surface area contributed by atoms with E-state index in [1.165, 1.54) is 13.4 Å². The summed E-state index contributed by atoms with van der Waals surface area (Å²) in [6.07, 6.45) is 4.21. The van der Waals surface area contributed by atoms with Crippen LogP contribution in [0.2, 0.25) is 0 Å². The fourth-order valence-electron chi connectivity index (χ4n) is 4.36. The number of rotatable bonds is 10. The van der Waals surface area contributed by atoms with E-state index in [1.54, 1.807) is 25.3 Å². The first-order chi connectivity index (χ1) is 18.0. The van der Waals surface area contributed by atoms with Gasteiger partial charge in [0.05, 0.1) is 38.1 Å². The summed E-state index contributed by atoms with van der Waals surface area (Å²) in [5.41, 5.74) is 2.95. The normalized spacial score (nSPS) is 14.8. The molecule has 0 spiro atoms. The van der Waals surface area contributed by atoms with Crippen molar-refractivity contribution in [3.8, 4) is 28.5 Å². The number of ether oxygens (including phenoxy) is 3. The van der Waals surface area contributed by atoms with Crippen LogP contribution < -0.4 is 18.4 Å². The Labute approximate surface area is 215 Å². The van der Waals surface area contributed by atoms with E-state index < -0.39 is 10.3 Å². The molecule has 1 fully saturated rings. The van der Waals surface area contributed by atoms with E-state index in [1.807, 2.05) is 18.3 Å². The van der Waals surface area contributed by atoms with E-state index >= 15 is 0 Å². The Hall–Kier alpha value is -3.45. The molecule has 0 atom stereocenters. The van der Waals surface area contributed by atoms with Crippen LogP contribution in [0.15, 0.2) is 42.9 Å². The number of hydrogen-bond donors (Lipinski definition) is 2. The average Bonchev–Trinajstić information content (AvgIpc) is 3.33. The fourth-order valence-corrected chi connectivity index (χ4v) is 4.80. The topological polar surface area (TPSA) is 128 Å². The molecule has 3 heterocycles. The standard InChI is InChI=1S/C25H29N5O6S/c1-26-37(31,32)36-17-4-5-21-18(12-17)20(15-27-21)25-19-13-23(33-2)24(14-22(19)28-16-29-25)35-9-3-6-30-7-10-34-11-8-30/h4-5,12-16,26-27H,3,6-11H2,1-2H3. The first-order valence-electron chi connectivity index (χ1n) is 12.0. The Bertz CT molecular complexity index is 1500. The lowest BCUT2D eigenvalue weighted by Crippen LogP contribution is -2.37. The smallest absolute Gasteiger partial charge is 0.382 e. The highest BCUT2D eigenvalue weighted by Crippen LogP contribution is 2.38. The summed E-state index contributed by atoms with van der Waals surface area (Å²) in [5.74, 6) is 1.39. The molecule has 0 unspecified atom stereocenters. The van der Waals surface area contributed by atoms with Crippen LogP contribution in [0.1, 0.15) is 6.42 Å². The maximum absolute atomic E-state index is 11.9. The van der Waals surface area contributed by atoms with Crippen LogP contribution in [0, 0.1) is 0 Å². The van der Waals surface area contributed by atoms with Crippen molar-refractivity contribution >= 4 is 32.1 Å². The van der Waals surface area contributed by atoms with E-state index in [9.17, 15) is 8.42 Å². The van der Waals surface area contributed by atoms with Crippen LogP contribution in [0.25, 0.3) is 33.1 Å². The summed E-state index contributed by atoms with van der Waals surface area (Å²) >= 11 is 0. The molecular weight excluding hydrogens is 498 g/mol. The number of fused-ring (bicyclic) bond motifs is 2. The van der Waals surface area contributed by atoms with Crippen LogP contribution in [0.5, 0.6) is 17.2 Å². The van der Waals surface area contributed by atoms with Gasteiger partial charge in [0.1, 0.15) is 12.1 Å². The molecular formula is C25H29N5O6S. The molecule has 5 rings (SSSR count). The number of aromatic nitrogens is 3. The highest BCUT2D eigenvalue weighted by Gasteiger charge is 2.17. The third-order valence-electron chi connectivity index (χ3n) is 6.26. The van der Waals surface area contributed by atoms with Crippen molar-refractivity contribution in [3.63, 3.8) is 0 Å². The van der Waals surface area contributed by atoms with Crippen LogP contribution in [0.3, 0.4) is 0 Å². The quantitative estimate of drug-likeness (QED) is 0.299. The summed E-state index contributed by atoms with van der Waals surface area (Å²) in [7, 11) is -1.00. The molecule has 0 amide bonds. The summed E-state index contributed by atoms with van der Waals surface area (Å²) in [6.45, 7) is 4.96. The molecule has 0 saturated carbocycles. The van der Waals surface area contributed by atoms with E-state index in [-0.39, 0.29) is 5.75 Å². The number of nitrogens with zero attached hydrogens (tertiary/aromatic N) is 3. The van der Waals surface area contributed by atoms with Crippen molar-refractivity contribution < 1.29 is 26.8 Å². The molecule has 11 nitrogen and oxygen atoms in total. The van der Waals surface area contributed by atoms with Gasteiger partial charge in [-0.25, -0.2) is 9.97 Å². The van der Waals surface area contributed by atoms with Crippen molar-refractivity contribution in [2.75, 3.05) is 53.6 Å². The van der Waals surface area contributed by atoms with Gasteiger partial charge in [-0.1, -0.05) is 0 Å². The monoisotopic (exact) mass is 527 g/mol. The van der Waals surface area contributed by atoms with Crippen molar-refractivity contribution in [2.45, 2.75) is 6.42 Å². The molecule has 2 aromatic carbocycles. The predicted octanol–water partition coefficient (Wildman–Crippen LogP) is 2.73. The largest absolute Gasteiger partial charge is 0.493 e. The minimum atomic E-state index is -3.89. The van der Waals surface area contributed by atoms with Gasteiger partial charge < -0.3 is 23.4 Å². The van der Waals surface area contributed by atoms with Gasteiger partial charge in [-0.15, -0.1) is 0 Å². The Morgan fingerprint density at radius 1 is 1.11 bits per heavy atom. The zero-order valence-corrected chi connectivity index (χ0v) is 21.5. The first-order valence-corrected chi connectivity index (χ1v) is 13.4. The Kier molecular flexibility index (Phi) is 7.42. The van der Waals surface area contributed by atoms with Crippen LogP contribution in [-0.2, 0) is 15.0 Å². The van der Waals surface area contributed by atoms with Crippen LogP contribution >= 0.6 is 0 Å². The van der Waals surface area contributed by atoms with Gasteiger partial charge in [-0.3, -0.25) is 4.90 Å². The Balaban J connectivity index is 1.42. The zero-order chi connectivity index (χ0) is 25.8. The second kappa shape index (κ2) is 10.9. The molecule has 12 heteroatoms. The van der Waals surface area contributed by atoms with Crippen molar-refractivity contribution in [3.05, 3.63) is 42.9 Å². The maximum atomic E-state index is 11.9. The number of methoxy groups -OCH3 is 1. The minimum absolute atomic E-state index is 0.186. The SMILES string of the molecule is CNS(=O)(=O)Oc1ccc2[nH]cc(-c3ncnc4cc(OCCCN5CCOCC5)c(OC)cc34)c2c1. The zero-order valence-electron chi connectivity index (χ0n) is 20.7. The van der Waals surface area contributed by atoms with Gasteiger partial charge >= 0.3 is 10.3 Å². The molecule has 0 bridgehead atoms. The van der Waals surface area contributed by atoms with Gasteiger partial charge in [0.25, 0.3) is 0 Å². The average molecular weight is 528 g/mol. The van der Waals surface area contributed by atoms with Gasteiger partial charge in [0.2, 0.25) is 0 Å². The lowest BCUT2D eigenvalue weighted by Gasteiger charge is -2.26. The molecule has 2 aromatic heterocycles. The Morgan fingerprint density at radius 3 is 2.73 bits per heavy atom. The number of H-pyrrole nitrogens is 1. The fraction of sp³-hybridized carbons (Fsp3) is 0.360. The van der Waals surface area contributed by atoms with Crippen molar-refractivity contribution in [1.82, 2.24) is 24.6 Å². The number of benzene rings is 2. The van der Waals surface area contributed by atoms with Crippen molar-refractivity contribution in [2.24, 2.45) is 0 Å². The number of aromatic amines is 1. The second-order valence-electron chi connectivity index (χ2n) is 8.55. The first kappa shape index (κ1) is 25.2. The third-order valence-corrected chi connectivity index (χ3v) is 7.18. The third kappa shape index (κ3) is 5.62. The number of hydrogen-bond acceptors (Lipinski definition) is 9. The van der Waals surface area contributed by atoms with Crippen molar-refractivity contribution in [1.29, 1.82) is 0 Å². The molecule has 4 aromatic rings. The van der Waals surface area contributed by atoms with E-state index in [4.69, 9.17) is 18.4 Å². The lowest BCUT2D eigenvalue weighted by molar-refractivity contribution is 0.0357. The van der Waals surface area contributed by atoms with Gasteiger partial charge in [-0.2, -0.15) is 13.1 Å². The van der Waals surface area contributed by atoms with Gasteiger partial charge in [0.15, 0.2) is 11.5 Å². The van der Waals surface area contributed by atoms with Crippen LogP contribution in [-0.4, -0.2) is 81.9 Å². The molecule has 0 aliphatic carbocycles. The summed E-state index contributed by atoms with van der Waals surface area (Å²) in [5, 5.41) is 1.53.